The second-order valence-electron chi connectivity index (χ2n) is 2.03. The van der Waals surface area contributed by atoms with Crippen molar-refractivity contribution < 1.29 is 14.3 Å². The van der Waals surface area contributed by atoms with E-state index in [-0.39, 0.29) is 12.6 Å². The first-order valence-electron chi connectivity index (χ1n) is 3.60. The van der Waals surface area contributed by atoms with Crippen LogP contribution in [0, 0.1) is 0 Å². The van der Waals surface area contributed by atoms with E-state index in [9.17, 15) is 4.79 Å². The Bertz CT molecular complexity index is 233. The summed E-state index contributed by atoms with van der Waals surface area (Å²) in [4.78, 5) is 10.8. The van der Waals surface area contributed by atoms with Gasteiger partial charge >= 0.3 is 5.97 Å². The fraction of sp³-hybridized carbons (Fsp3) is 0.429. The predicted molar refractivity (Wildman–Crippen MR) is 40.7 cm³/mol. The van der Waals surface area contributed by atoms with Crippen molar-refractivity contribution in [3.05, 3.63) is 12.4 Å². The molecule has 0 atom stereocenters. The van der Waals surface area contributed by atoms with Gasteiger partial charge in [-0.3, -0.25) is 5.10 Å². The van der Waals surface area contributed by atoms with Gasteiger partial charge in [0.05, 0.1) is 19.0 Å². The van der Waals surface area contributed by atoms with Gasteiger partial charge in [-0.15, -0.1) is 0 Å². The Kier molecular flexibility index (Phi) is 3.13. The molecule has 0 saturated heterocycles. The van der Waals surface area contributed by atoms with E-state index < -0.39 is 0 Å². The van der Waals surface area contributed by atoms with Crippen LogP contribution >= 0.6 is 0 Å². The van der Waals surface area contributed by atoms with Crippen LogP contribution in [0.1, 0.15) is 6.92 Å². The molecule has 0 saturated carbocycles. The van der Waals surface area contributed by atoms with Crippen LogP contribution in [0.15, 0.2) is 12.4 Å². The van der Waals surface area contributed by atoms with E-state index in [1.54, 1.807) is 13.1 Å². The fourth-order valence-corrected chi connectivity index (χ4v) is 0.663. The number of nitrogens with one attached hydrogen (secondary N) is 1. The molecule has 0 fully saturated rings. The highest BCUT2D eigenvalue weighted by Gasteiger charge is 2.02. The molecule has 0 aliphatic heterocycles. The van der Waals surface area contributed by atoms with Crippen LogP contribution in [0.4, 0.5) is 0 Å². The first-order chi connectivity index (χ1) is 5.83. The lowest BCUT2D eigenvalue weighted by Crippen LogP contribution is -2.14. The molecule has 12 heavy (non-hydrogen) atoms. The molecule has 1 aromatic rings. The summed E-state index contributed by atoms with van der Waals surface area (Å²) < 4.78 is 9.64. The molecule has 1 heterocycles. The number of esters is 1. The number of hydrogen-bond donors (Lipinski definition) is 1. The zero-order valence-corrected chi connectivity index (χ0v) is 6.74. The summed E-state index contributed by atoms with van der Waals surface area (Å²) in [5, 5.41) is 6.20. The third-order valence-electron chi connectivity index (χ3n) is 1.14. The van der Waals surface area contributed by atoms with Crippen molar-refractivity contribution >= 4 is 5.97 Å². The van der Waals surface area contributed by atoms with Crippen molar-refractivity contribution in [1.29, 1.82) is 0 Å². The summed E-state index contributed by atoms with van der Waals surface area (Å²) in [7, 11) is 0. The molecule has 0 unspecified atom stereocenters. The molecule has 1 rings (SSSR count). The molecular formula is C7H10N2O3. The van der Waals surface area contributed by atoms with Gasteiger partial charge in [-0.05, 0) is 6.92 Å². The number of aromatic amines is 1. The van der Waals surface area contributed by atoms with E-state index in [1.165, 1.54) is 6.20 Å². The topological polar surface area (TPSA) is 64.2 Å². The van der Waals surface area contributed by atoms with Gasteiger partial charge in [-0.1, -0.05) is 0 Å². The summed E-state index contributed by atoms with van der Waals surface area (Å²) in [5.74, 6) is 0.154. The number of hydrogen-bond acceptors (Lipinski definition) is 4. The normalized spacial score (nSPS) is 9.42. The van der Waals surface area contributed by atoms with Gasteiger partial charge in [-0.2, -0.15) is 5.10 Å². The van der Waals surface area contributed by atoms with Gasteiger partial charge < -0.3 is 9.47 Å². The summed E-state index contributed by atoms with van der Waals surface area (Å²) in [6.07, 6.45) is 3.04. The molecule has 5 heteroatoms. The molecule has 5 nitrogen and oxygen atoms in total. The van der Waals surface area contributed by atoms with Crippen molar-refractivity contribution in [2.24, 2.45) is 0 Å². The lowest BCUT2D eigenvalue weighted by molar-refractivity contribution is -0.145. The molecule has 0 spiro atoms. The summed E-state index contributed by atoms with van der Waals surface area (Å²) in [5.41, 5.74) is 0. The summed E-state index contributed by atoms with van der Waals surface area (Å²) in [6.45, 7) is 2.04. The Morgan fingerprint density at radius 1 is 1.75 bits per heavy atom. The zero-order valence-electron chi connectivity index (χ0n) is 6.74. The van der Waals surface area contributed by atoms with Crippen LogP contribution < -0.4 is 4.74 Å². The molecule has 66 valence electrons. The second kappa shape index (κ2) is 4.38. The third-order valence-corrected chi connectivity index (χ3v) is 1.14. The molecule has 1 N–H and O–H groups in total. The summed E-state index contributed by atoms with van der Waals surface area (Å²) >= 11 is 0. The quantitative estimate of drug-likeness (QED) is 0.662. The Labute approximate surface area is 69.7 Å². The van der Waals surface area contributed by atoms with Crippen LogP contribution in [-0.4, -0.2) is 29.4 Å². The zero-order chi connectivity index (χ0) is 8.81. The maximum atomic E-state index is 10.8. The standard InChI is InChI=1S/C7H10N2O3/c1-2-11-7(10)5-12-6-3-8-9-4-6/h3-4H,2,5H2,1H3,(H,8,9). The van der Waals surface area contributed by atoms with Crippen molar-refractivity contribution in [3.8, 4) is 5.75 Å². The molecule has 0 aliphatic carbocycles. The predicted octanol–water partition coefficient (Wildman–Crippen LogP) is 0.352. The fourth-order valence-electron chi connectivity index (χ4n) is 0.663. The van der Waals surface area contributed by atoms with E-state index in [0.29, 0.717) is 12.4 Å². The Hall–Kier alpha value is -1.52. The average Bonchev–Trinajstić information content (AvgIpc) is 2.53. The number of H-pyrrole nitrogens is 1. The van der Waals surface area contributed by atoms with Crippen molar-refractivity contribution in [1.82, 2.24) is 10.2 Å². The number of carbonyl (C=O) groups excluding carboxylic acids is 1. The SMILES string of the molecule is CCOC(=O)COc1cn[nH]c1. The highest BCUT2D eigenvalue weighted by Crippen LogP contribution is 2.03. The molecular weight excluding hydrogens is 160 g/mol. The van der Waals surface area contributed by atoms with E-state index in [4.69, 9.17) is 4.74 Å². The van der Waals surface area contributed by atoms with Gasteiger partial charge in [0.15, 0.2) is 12.4 Å². The van der Waals surface area contributed by atoms with E-state index >= 15 is 0 Å². The van der Waals surface area contributed by atoms with E-state index in [0.717, 1.165) is 0 Å². The summed E-state index contributed by atoms with van der Waals surface area (Å²) in [6, 6.07) is 0. The molecule has 0 aromatic carbocycles. The van der Waals surface area contributed by atoms with Crippen LogP contribution in [0.5, 0.6) is 5.75 Å². The van der Waals surface area contributed by atoms with Gasteiger partial charge in [0, 0.05) is 0 Å². The van der Waals surface area contributed by atoms with Crippen LogP contribution in [-0.2, 0) is 9.53 Å². The number of aromatic nitrogens is 2. The Morgan fingerprint density at radius 3 is 3.17 bits per heavy atom. The number of nitrogens with zero attached hydrogens (tertiary/aromatic N) is 1. The maximum Gasteiger partial charge on any atom is 0.344 e. The Morgan fingerprint density at radius 2 is 2.58 bits per heavy atom. The van der Waals surface area contributed by atoms with Crippen molar-refractivity contribution in [2.45, 2.75) is 6.92 Å². The molecule has 0 aliphatic rings. The number of rotatable bonds is 4. The Balaban J connectivity index is 2.22. The maximum absolute atomic E-state index is 10.8. The third kappa shape index (κ3) is 2.61. The molecule has 0 amide bonds. The lowest BCUT2D eigenvalue weighted by atomic mass is 10.6. The van der Waals surface area contributed by atoms with Crippen LogP contribution in [0.3, 0.4) is 0 Å². The van der Waals surface area contributed by atoms with Crippen LogP contribution in [0.2, 0.25) is 0 Å². The largest absolute Gasteiger partial charge is 0.479 e. The van der Waals surface area contributed by atoms with Gasteiger partial charge in [0.2, 0.25) is 0 Å². The monoisotopic (exact) mass is 170 g/mol. The number of carbonyl (C=O) groups is 1. The van der Waals surface area contributed by atoms with Gasteiger partial charge in [-0.25, -0.2) is 4.79 Å². The first-order valence-corrected chi connectivity index (χ1v) is 3.60. The minimum atomic E-state index is -0.376. The van der Waals surface area contributed by atoms with Crippen molar-refractivity contribution in [3.63, 3.8) is 0 Å². The van der Waals surface area contributed by atoms with E-state index in [2.05, 4.69) is 14.9 Å². The lowest BCUT2D eigenvalue weighted by Gasteiger charge is -2.01. The highest BCUT2D eigenvalue weighted by molar-refractivity contribution is 5.70. The molecule has 0 bridgehead atoms. The van der Waals surface area contributed by atoms with Gasteiger partial charge in [0.25, 0.3) is 0 Å². The second-order valence-corrected chi connectivity index (χ2v) is 2.03. The first kappa shape index (κ1) is 8.58. The number of ether oxygens (including phenoxy) is 2. The average molecular weight is 170 g/mol. The van der Waals surface area contributed by atoms with Crippen LogP contribution in [0.25, 0.3) is 0 Å². The molecule has 0 radical (unpaired) electrons. The van der Waals surface area contributed by atoms with E-state index in [1.807, 2.05) is 0 Å². The minimum Gasteiger partial charge on any atom is -0.479 e. The molecule has 1 aromatic heterocycles. The smallest absolute Gasteiger partial charge is 0.344 e. The minimum absolute atomic E-state index is 0.0760. The van der Waals surface area contributed by atoms with Gasteiger partial charge in [0.1, 0.15) is 0 Å². The highest BCUT2D eigenvalue weighted by atomic mass is 16.6. The van der Waals surface area contributed by atoms with Crippen molar-refractivity contribution in [2.75, 3.05) is 13.2 Å².